The van der Waals surface area contributed by atoms with E-state index in [1.54, 1.807) is 19.2 Å². The van der Waals surface area contributed by atoms with Gasteiger partial charge < -0.3 is 19.5 Å². The van der Waals surface area contributed by atoms with Gasteiger partial charge >= 0.3 is 0 Å². The van der Waals surface area contributed by atoms with Crippen LogP contribution in [-0.4, -0.2) is 55.4 Å². The van der Waals surface area contributed by atoms with Crippen LogP contribution in [0.3, 0.4) is 0 Å². The van der Waals surface area contributed by atoms with Gasteiger partial charge in [0.1, 0.15) is 17.6 Å². The van der Waals surface area contributed by atoms with Crippen molar-refractivity contribution in [3.8, 4) is 17.6 Å². The Hall–Kier alpha value is -3.87. The summed E-state index contributed by atoms with van der Waals surface area (Å²) in [5.74, 6) is 1.09. The third-order valence-corrected chi connectivity index (χ3v) is 8.83. The Labute approximate surface area is 260 Å². The summed E-state index contributed by atoms with van der Waals surface area (Å²) in [6.45, 7) is 4.82. The Morgan fingerprint density at radius 3 is 2.53 bits per heavy atom. The summed E-state index contributed by atoms with van der Waals surface area (Å²) in [6, 6.07) is 15.4. The molecule has 0 radical (unpaired) electrons. The number of nitrogens with one attached hydrogen (secondary N) is 1. The molecule has 0 bridgehead atoms. The number of methoxy groups -OCH3 is 2. The van der Waals surface area contributed by atoms with Crippen molar-refractivity contribution in [2.75, 3.05) is 45.8 Å². The first kappa shape index (κ1) is 29.2. The van der Waals surface area contributed by atoms with E-state index in [4.69, 9.17) is 42.4 Å². The summed E-state index contributed by atoms with van der Waals surface area (Å²) >= 11 is 12.7. The number of nitriles is 1. The lowest BCUT2D eigenvalue weighted by Crippen LogP contribution is -2.50. The van der Waals surface area contributed by atoms with Gasteiger partial charge in [-0.3, -0.25) is 14.9 Å². The van der Waals surface area contributed by atoms with E-state index < -0.39 is 0 Å². The fraction of sp³-hybridized carbons (Fsp3) is 0.303. The Morgan fingerprint density at radius 2 is 1.84 bits per heavy atom. The predicted octanol–water partition coefficient (Wildman–Crippen LogP) is 7.35. The molecule has 4 heterocycles. The van der Waals surface area contributed by atoms with Crippen molar-refractivity contribution in [3.05, 3.63) is 81.2 Å². The van der Waals surface area contributed by atoms with Crippen LogP contribution in [0.25, 0.3) is 23.1 Å². The van der Waals surface area contributed by atoms with E-state index in [1.165, 1.54) is 26.1 Å². The fourth-order valence-corrected chi connectivity index (χ4v) is 6.13. The average molecular weight is 617 g/mol. The smallest absolute Gasteiger partial charge is 0.139 e. The first-order valence-electron chi connectivity index (χ1n) is 14.1. The topological polar surface area (TPSA) is 92.5 Å². The number of benzene rings is 2. The third-order valence-electron chi connectivity index (χ3n) is 8.22. The highest BCUT2D eigenvalue weighted by Gasteiger charge is 2.41. The van der Waals surface area contributed by atoms with Crippen LogP contribution in [0.4, 0.5) is 11.4 Å². The summed E-state index contributed by atoms with van der Waals surface area (Å²) in [6.07, 6.45) is 7.87. The molecule has 0 amide bonds. The minimum atomic E-state index is 0.355. The van der Waals surface area contributed by atoms with E-state index in [1.807, 2.05) is 36.4 Å². The first-order chi connectivity index (χ1) is 20.9. The molecule has 0 atom stereocenters. The summed E-state index contributed by atoms with van der Waals surface area (Å²) in [5, 5.41) is 14.6. The number of rotatable bonds is 8. The lowest BCUT2D eigenvalue weighted by molar-refractivity contribution is -0.140. The standard InChI is InChI=1S/C33H31Cl2N5O3/c1-41-30-13-25-28(37-17-22(16-36)32(25)39-29-15-31(42-2)27(35)14-26(29)34)12-21(30)6-7-23-4-3-5-24(38-23)18-40-10-8-33(9-11-40)19-43-20-33/h3-7,12-15,17H,8-11,18-20H2,1-2H3,(H,37,39)/b7-6+. The molecule has 2 fully saturated rings. The predicted molar refractivity (Wildman–Crippen MR) is 170 cm³/mol. The van der Waals surface area contributed by atoms with Gasteiger partial charge in [-0.15, -0.1) is 0 Å². The molecule has 43 heavy (non-hydrogen) atoms. The van der Waals surface area contributed by atoms with Crippen LogP contribution in [0.5, 0.6) is 11.5 Å². The minimum absolute atomic E-state index is 0.355. The average Bonchev–Trinajstić information content (AvgIpc) is 3.00. The number of likely N-dealkylation sites (tertiary alicyclic amines) is 1. The molecule has 2 aromatic carbocycles. The third kappa shape index (κ3) is 6.13. The zero-order chi connectivity index (χ0) is 30.0. The molecule has 0 unspecified atom stereocenters. The van der Waals surface area contributed by atoms with Gasteiger partial charge in [0.2, 0.25) is 0 Å². The molecule has 8 nitrogen and oxygen atoms in total. The Bertz CT molecular complexity index is 1740. The van der Waals surface area contributed by atoms with Crippen molar-refractivity contribution in [2.45, 2.75) is 19.4 Å². The van der Waals surface area contributed by atoms with Crippen LogP contribution in [-0.2, 0) is 11.3 Å². The number of nitrogens with zero attached hydrogens (tertiary/aromatic N) is 4. The van der Waals surface area contributed by atoms with Crippen LogP contribution in [0.1, 0.15) is 35.4 Å². The summed E-state index contributed by atoms with van der Waals surface area (Å²) in [5.41, 5.74) is 5.30. The van der Waals surface area contributed by atoms with Crippen molar-refractivity contribution in [3.63, 3.8) is 0 Å². The number of fused-ring (bicyclic) bond motifs is 1. The number of pyridine rings is 2. The van der Waals surface area contributed by atoms with Gasteiger partial charge in [-0.2, -0.15) is 5.26 Å². The van der Waals surface area contributed by atoms with E-state index >= 15 is 0 Å². The Balaban J connectivity index is 1.26. The lowest BCUT2D eigenvalue weighted by Gasteiger charge is -2.47. The minimum Gasteiger partial charge on any atom is -0.496 e. The quantitative estimate of drug-likeness (QED) is 0.220. The van der Waals surface area contributed by atoms with Crippen LogP contribution in [0, 0.1) is 16.7 Å². The van der Waals surface area contributed by atoms with Crippen molar-refractivity contribution in [1.82, 2.24) is 14.9 Å². The molecule has 1 N–H and O–H groups in total. The van der Waals surface area contributed by atoms with E-state index in [2.05, 4.69) is 27.3 Å². The molecule has 1 spiro atoms. The van der Waals surface area contributed by atoms with Gasteiger partial charge in [0.05, 0.1) is 71.3 Å². The van der Waals surface area contributed by atoms with Gasteiger partial charge in [-0.1, -0.05) is 29.3 Å². The highest BCUT2D eigenvalue weighted by molar-refractivity contribution is 6.37. The van der Waals surface area contributed by atoms with E-state index in [0.717, 1.165) is 49.8 Å². The molecule has 6 rings (SSSR count). The molecule has 0 saturated carbocycles. The van der Waals surface area contributed by atoms with Crippen molar-refractivity contribution >= 4 is 57.6 Å². The summed E-state index contributed by atoms with van der Waals surface area (Å²) < 4.78 is 16.6. The van der Waals surface area contributed by atoms with Crippen LogP contribution < -0.4 is 14.8 Å². The highest BCUT2D eigenvalue weighted by atomic mass is 35.5. The first-order valence-corrected chi connectivity index (χ1v) is 14.8. The number of aromatic nitrogens is 2. The normalized spacial score (nSPS) is 16.3. The SMILES string of the molecule is COc1cc(Nc2c(C#N)cnc3cc(/C=C/c4cccc(CN5CCC6(CC5)COC6)n4)c(OC)cc23)c(Cl)cc1Cl. The molecule has 2 aliphatic heterocycles. The monoisotopic (exact) mass is 615 g/mol. The second kappa shape index (κ2) is 12.4. The van der Waals surface area contributed by atoms with Gasteiger partial charge in [0, 0.05) is 35.2 Å². The van der Waals surface area contributed by atoms with E-state index in [0.29, 0.717) is 54.8 Å². The van der Waals surface area contributed by atoms with E-state index in [9.17, 15) is 5.26 Å². The van der Waals surface area contributed by atoms with Crippen molar-refractivity contribution < 1.29 is 14.2 Å². The van der Waals surface area contributed by atoms with Crippen LogP contribution in [0.2, 0.25) is 10.0 Å². The molecular weight excluding hydrogens is 585 g/mol. The Morgan fingerprint density at radius 1 is 1.05 bits per heavy atom. The van der Waals surface area contributed by atoms with Gasteiger partial charge in [-0.25, -0.2) is 0 Å². The number of hydrogen-bond donors (Lipinski definition) is 1. The molecule has 10 heteroatoms. The van der Waals surface area contributed by atoms with Gasteiger partial charge in [0.25, 0.3) is 0 Å². The van der Waals surface area contributed by atoms with Gasteiger partial charge in [0.15, 0.2) is 0 Å². The molecular formula is C33H31Cl2N5O3. The maximum absolute atomic E-state index is 9.86. The molecule has 2 saturated heterocycles. The van der Waals surface area contributed by atoms with Crippen LogP contribution in [0.15, 0.2) is 48.7 Å². The Kier molecular flexibility index (Phi) is 8.42. The lowest BCUT2D eigenvalue weighted by atomic mass is 9.77. The molecule has 0 aliphatic carbocycles. The molecule has 2 aromatic heterocycles. The number of piperidine rings is 1. The maximum Gasteiger partial charge on any atom is 0.139 e. The van der Waals surface area contributed by atoms with Gasteiger partial charge in [-0.05, 0) is 68.4 Å². The van der Waals surface area contributed by atoms with Crippen LogP contribution >= 0.6 is 23.2 Å². The largest absolute Gasteiger partial charge is 0.496 e. The van der Waals surface area contributed by atoms with Crippen molar-refractivity contribution in [2.24, 2.45) is 5.41 Å². The summed E-state index contributed by atoms with van der Waals surface area (Å²) in [7, 11) is 3.15. The number of ether oxygens (including phenoxy) is 3. The number of anilines is 2. The molecule has 2 aliphatic rings. The zero-order valence-electron chi connectivity index (χ0n) is 24.0. The second-order valence-corrected chi connectivity index (χ2v) is 11.8. The second-order valence-electron chi connectivity index (χ2n) is 11.0. The number of halogens is 2. The number of hydrogen-bond acceptors (Lipinski definition) is 8. The fourth-order valence-electron chi connectivity index (χ4n) is 5.63. The zero-order valence-corrected chi connectivity index (χ0v) is 25.5. The molecule has 4 aromatic rings. The maximum atomic E-state index is 9.86. The summed E-state index contributed by atoms with van der Waals surface area (Å²) in [4.78, 5) is 11.9. The van der Waals surface area contributed by atoms with E-state index in [-0.39, 0.29) is 0 Å². The molecule has 220 valence electrons. The highest BCUT2D eigenvalue weighted by Crippen LogP contribution is 2.40. The van der Waals surface area contributed by atoms with Crippen molar-refractivity contribution in [1.29, 1.82) is 5.26 Å².